The molecule has 3 nitrogen and oxygen atoms in total. The Labute approximate surface area is 109 Å². The molecule has 0 amide bonds. The molecule has 0 atom stereocenters. The number of pyridine rings is 1. The van der Waals surface area contributed by atoms with E-state index in [1.807, 2.05) is 0 Å². The normalized spacial score (nSPS) is 10.5. The van der Waals surface area contributed by atoms with Gasteiger partial charge in [0.15, 0.2) is 5.82 Å². The average molecular weight is 290 g/mol. The topological polar surface area (TPSA) is 50.2 Å². The summed E-state index contributed by atoms with van der Waals surface area (Å²) in [6.45, 7) is 0. The second kappa shape index (κ2) is 5.03. The van der Waals surface area contributed by atoms with Crippen LogP contribution in [0.3, 0.4) is 0 Å². The lowest BCUT2D eigenvalue weighted by atomic mass is 10.5. The minimum absolute atomic E-state index is 0.170. The van der Waals surface area contributed by atoms with Crippen LogP contribution in [0, 0.1) is 5.82 Å². The number of halogens is 2. The molecule has 2 aromatic heterocycles. The van der Waals surface area contributed by atoms with Crippen molar-refractivity contribution in [2.45, 2.75) is 9.92 Å². The molecule has 0 radical (unpaired) electrons. The molecule has 2 rings (SSSR count). The molecule has 0 saturated heterocycles. The second-order valence-corrected chi connectivity index (χ2v) is 5.40. The first kappa shape index (κ1) is 12.3. The zero-order chi connectivity index (χ0) is 12.4. The van der Waals surface area contributed by atoms with Gasteiger partial charge < -0.3 is 5.11 Å². The number of hydrogen-bond donors (Lipinski definition) is 1. The third kappa shape index (κ3) is 2.96. The van der Waals surface area contributed by atoms with Crippen molar-refractivity contribution in [2.24, 2.45) is 0 Å². The van der Waals surface area contributed by atoms with Gasteiger partial charge in [0.1, 0.15) is 9.90 Å². The molecule has 2 heterocycles. The van der Waals surface area contributed by atoms with Gasteiger partial charge >= 0.3 is 5.97 Å². The van der Waals surface area contributed by atoms with Crippen molar-refractivity contribution in [3.05, 3.63) is 39.4 Å². The number of rotatable bonds is 3. The van der Waals surface area contributed by atoms with E-state index < -0.39 is 11.8 Å². The van der Waals surface area contributed by atoms with Crippen molar-refractivity contribution < 1.29 is 14.3 Å². The number of thiophene rings is 1. The van der Waals surface area contributed by atoms with E-state index in [1.54, 1.807) is 5.38 Å². The van der Waals surface area contributed by atoms with E-state index in [2.05, 4.69) is 4.98 Å². The summed E-state index contributed by atoms with van der Waals surface area (Å²) < 4.78 is 13.4. The molecule has 0 spiro atoms. The summed E-state index contributed by atoms with van der Waals surface area (Å²) in [6.07, 6.45) is 1.34. The number of aromatic nitrogens is 1. The summed E-state index contributed by atoms with van der Waals surface area (Å²) in [4.78, 5) is 15.4. The van der Waals surface area contributed by atoms with Crippen LogP contribution < -0.4 is 0 Å². The fourth-order valence-electron chi connectivity index (χ4n) is 1.07. The molecular weight excluding hydrogens is 285 g/mol. The highest BCUT2D eigenvalue weighted by Gasteiger charge is 2.11. The lowest BCUT2D eigenvalue weighted by Gasteiger charge is -1.99. The number of nitrogens with zero attached hydrogens (tertiary/aromatic N) is 1. The van der Waals surface area contributed by atoms with Crippen molar-refractivity contribution >= 4 is 40.7 Å². The number of carboxylic acid groups (broad SMARTS) is 1. The average Bonchev–Trinajstić information content (AvgIpc) is 2.71. The van der Waals surface area contributed by atoms with Crippen LogP contribution >= 0.6 is 34.7 Å². The standard InChI is InChI=1S/C10H5ClFNO2S2/c11-5-1-7(12)9(13-3-5)17-6-2-8(10(14)15)16-4-6/h1-4H,(H,14,15). The fraction of sp³-hybridized carbons (Fsp3) is 0. The molecule has 7 heteroatoms. The summed E-state index contributed by atoms with van der Waals surface area (Å²) in [7, 11) is 0. The van der Waals surface area contributed by atoms with Gasteiger partial charge in [-0.15, -0.1) is 11.3 Å². The number of carboxylic acids is 1. The van der Waals surface area contributed by atoms with Crippen molar-refractivity contribution in [3.63, 3.8) is 0 Å². The zero-order valence-corrected chi connectivity index (χ0v) is 10.6. The predicted octanol–water partition coefficient (Wildman–Crippen LogP) is 3.79. The van der Waals surface area contributed by atoms with Crippen LogP contribution in [-0.2, 0) is 0 Å². The van der Waals surface area contributed by atoms with Gasteiger partial charge in [-0.3, -0.25) is 0 Å². The van der Waals surface area contributed by atoms with E-state index in [0.717, 1.165) is 23.1 Å². The van der Waals surface area contributed by atoms with Crippen LogP contribution in [0.2, 0.25) is 5.02 Å². The summed E-state index contributed by atoms with van der Waals surface area (Å²) >= 11 is 7.73. The maximum Gasteiger partial charge on any atom is 0.345 e. The van der Waals surface area contributed by atoms with Crippen molar-refractivity contribution in [2.75, 3.05) is 0 Å². The van der Waals surface area contributed by atoms with Crippen LogP contribution in [0.4, 0.5) is 4.39 Å². The Morgan fingerprint density at radius 2 is 2.29 bits per heavy atom. The number of hydrogen-bond acceptors (Lipinski definition) is 4. The number of aromatic carboxylic acids is 1. The van der Waals surface area contributed by atoms with Gasteiger partial charge in [0.2, 0.25) is 0 Å². The van der Waals surface area contributed by atoms with Crippen LogP contribution in [0.5, 0.6) is 0 Å². The molecule has 2 aromatic rings. The molecule has 0 aliphatic carbocycles. The van der Waals surface area contributed by atoms with Crippen molar-refractivity contribution in [1.29, 1.82) is 0 Å². The molecule has 88 valence electrons. The Hall–Kier alpha value is -1.11. The first-order chi connectivity index (χ1) is 8.06. The van der Waals surface area contributed by atoms with Crippen molar-refractivity contribution in [3.8, 4) is 0 Å². The Bertz CT molecular complexity index is 573. The lowest BCUT2D eigenvalue weighted by Crippen LogP contribution is -1.90. The quantitative estimate of drug-likeness (QED) is 0.934. The van der Waals surface area contributed by atoms with Gasteiger partial charge in [0.25, 0.3) is 0 Å². The SMILES string of the molecule is O=C(O)c1cc(Sc2ncc(Cl)cc2F)cs1. The molecule has 0 fully saturated rings. The highest BCUT2D eigenvalue weighted by atomic mass is 35.5. The molecule has 1 N–H and O–H groups in total. The maximum atomic E-state index is 13.4. The fourth-order valence-corrected chi connectivity index (χ4v) is 2.90. The Morgan fingerprint density at radius 3 is 2.88 bits per heavy atom. The summed E-state index contributed by atoms with van der Waals surface area (Å²) in [5, 5.41) is 10.8. The Morgan fingerprint density at radius 1 is 1.53 bits per heavy atom. The van der Waals surface area contributed by atoms with E-state index in [1.165, 1.54) is 18.3 Å². The smallest absolute Gasteiger partial charge is 0.345 e. The molecule has 0 aliphatic rings. The largest absolute Gasteiger partial charge is 0.477 e. The highest BCUT2D eigenvalue weighted by Crippen LogP contribution is 2.32. The molecule has 17 heavy (non-hydrogen) atoms. The third-order valence-corrected chi connectivity index (χ3v) is 4.01. The third-order valence-electron chi connectivity index (χ3n) is 1.77. The van der Waals surface area contributed by atoms with Crippen LogP contribution in [-0.4, -0.2) is 16.1 Å². The van der Waals surface area contributed by atoms with E-state index in [9.17, 15) is 9.18 Å². The van der Waals surface area contributed by atoms with Gasteiger partial charge in [0, 0.05) is 16.5 Å². The second-order valence-electron chi connectivity index (χ2n) is 2.99. The monoisotopic (exact) mass is 289 g/mol. The first-order valence-electron chi connectivity index (χ1n) is 4.37. The van der Waals surface area contributed by atoms with E-state index in [0.29, 0.717) is 4.90 Å². The molecular formula is C10H5ClFNO2S2. The van der Waals surface area contributed by atoms with Crippen LogP contribution in [0.15, 0.2) is 33.6 Å². The number of carbonyl (C=O) groups is 1. The molecule has 0 bridgehead atoms. The van der Waals surface area contributed by atoms with Gasteiger partial charge in [-0.1, -0.05) is 23.4 Å². The Balaban J connectivity index is 2.22. The van der Waals surface area contributed by atoms with E-state index in [-0.39, 0.29) is 14.9 Å². The highest BCUT2D eigenvalue weighted by molar-refractivity contribution is 7.99. The predicted molar refractivity (Wildman–Crippen MR) is 64.6 cm³/mol. The van der Waals surface area contributed by atoms with Gasteiger partial charge in [0.05, 0.1) is 5.02 Å². The van der Waals surface area contributed by atoms with Gasteiger partial charge in [-0.25, -0.2) is 14.2 Å². The summed E-state index contributed by atoms with van der Waals surface area (Å²) in [5.74, 6) is -1.52. The summed E-state index contributed by atoms with van der Waals surface area (Å²) in [5.41, 5.74) is 0. The van der Waals surface area contributed by atoms with Crippen LogP contribution in [0.1, 0.15) is 9.67 Å². The first-order valence-corrected chi connectivity index (χ1v) is 6.44. The van der Waals surface area contributed by atoms with Crippen molar-refractivity contribution in [1.82, 2.24) is 4.98 Å². The van der Waals surface area contributed by atoms with Gasteiger partial charge in [-0.05, 0) is 12.1 Å². The lowest BCUT2D eigenvalue weighted by molar-refractivity contribution is 0.0702. The van der Waals surface area contributed by atoms with Crippen LogP contribution in [0.25, 0.3) is 0 Å². The maximum absolute atomic E-state index is 13.4. The van der Waals surface area contributed by atoms with Gasteiger partial charge in [-0.2, -0.15) is 0 Å². The van der Waals surface area contributed by atoms with E-state index >= 15 is 0 Å². The minimum Gasteiger partial charge on any atom is -0.477 e. The molecule has 0 unspecified atom stereocenters. The summed E-state index contributed by atoms with van der Waals surface area (Å²) in [6, 6.07) is 2.65. The molecule has 0 saturated carbocycles. The minimum atomic E-state index is -0.994. The Kier molecular flexibility index (Phi) is 3.66. The van der Waals surface area contributed by atoms with E-state index in [4.69, 9.17) is 16.7 Å². The molecule has 0 aliphatic heterocycles. The molecule has 0 aromatic carbocycles. The zero-order valence-electron chi connectivity index (χ0n) is 8.18.